The molecule has 0 aliphatic rings. The highest BCUT2D eigenvalue weighted by molar-refractivity contribution is 5.83. The lowest BCUT2D eigenvalue weighted by Gasteiger charge is -2.30. The molecule has 0 heterocycles. The lowest BCUT2D eigenvalue weighted by molar-refractivity contribution is -0.00580. The summed E-state index contributed by atoms with van der Waals surface area (Å²) in [6, 6.07) is -1.12. The molecule has 24 heavy (non-hydrogen) atoms. The largest absolute Gasteiger partial charge is 0.389 e. The molecule has 138 valence electrons. The minimum atomic E-state index is -0.800. The van der Waals surface area contributed by atoms with Crippen LogP contribution in [0.15, 0.2) is 30.3 Å². The Morgan fingerprint density at radius 1 is 1.17 bits per heavy atom. The number of nitrogens with zero attached hydrogens (tertiary/aromatic N) is 2. The second-order valence-electron chi connectivity index (χ2n) is 5.27. The van der Waals surface area contributed by atoms with E-state index >= 15 is 0 Å². The third kappa shape index (κ3) is 11.9. The van der Waals surface area contributed by atoms with Gasteiger partial charge in [0.1, 0.15) is 0 Å². The molecule has 0 aromatic carbocycles. The average Bonchev–Trinajstić information content (AvgIpc) is 2.52. The van der Waals surface area contributed by atoms with Gasteiger partial charge in [-0.15, -0.1) is 13.2 Å². The Bertz CT molecular complexity index is 381. The van der Waals surface area contributed by atoms with Crippen LogP contribution in [-0.4, -0.2) is 85.1 Å². The van der Waals surface area contributed by atoms with Crippen molar-refractivity contribution in [3.8, 4) is 0 Å². The molecule has 0 aromatic rings. The number of primary amides is 1. The standard InChI is InChI=1S/C16H29N3O5/c1-4-6-23-11-14(20)9-19(13(3)8-18-16(17)22)10-15(21)12-24-7-5-2/h4-5,8,13-15,20-21H,1-2,6-7,9-12H2,3H3,(H2,17,22). The van der Waals surface area contributed by atoms with Crippen LogP contribution in [0.4, 0.5) is 4.79 Å². The fourth-order valence-corrected chi connectivity index (χ4v) is 1.90. The Hall–Kier alpha value is -1.58. The van der Waals surface area contributed by atoms with Crippen molar-refractivity contribution < 1.29 is 24.5 Å². The summed E-state index contributed by atoms with van der Waals surface area (Å²) >= 11 is 0. The second kappa shape index (κ2) is 13.8. The molecule has 0 bridgehead atoms. The van der Waals surface area contributed by atoms with E-state index in [9.17, 15) is 15.0 Å². The summed E-state index contributed by atoms with van der Waals surface area (Å²) in [5, 5.41) is 20.1. The van der Waals surface area contributed by atoms with Crippen molar-refractivity contribution in [1.82, 2.24) is 4.90 Å². The quantitative estimate of drug-likeness (QED) is 0.231. The minimum absolute atomic E-state index is 0.130. The number of hydrogen-bond donors (Lipinski definition) is 3. The summed E-state index contributed by atoms with van der Waals surface area (Å²) in [4.78, 5) is 16.1. The summed E-state index contributed by atoms with van der Waals surface area (Å²) < 4.78 is 10.4. The highest BCUT2D eigenvalue weighted by Crippen LogP contribution is 2.03. The van der Waals surface area contributed by atoms with Crippen molar-refractivity contribution in [1.29, 1.82) is 0 Å². The van der Waals surface area contributed by atoms with Crippen molar-refractivity contribution in [2.24, 2.45) is 10.7 Å². The first-order valence-electron chi connectivity index (χ1n) is 7.71. The maximum Gasteiger partial charge on any atom is 0.338 e. The lowest BCUT2D eigenvalue weighted by atomic mass is 10.2. The number of rotatable bonds is 14. The van der Waals surface area contributed by atoms with E-state index in [-0.39, 0.29) is 32.3 Å². The van der Waals surface area contributed by atoms with E-state index in [1.807, 2.05) is 0 Å². The Morgan fingerprint density at radius 3 is 2.00 bits per heavy atom. The number of urea groups is 1. The molecule has 8 nitrogen and oxygen atoms in total. The number of aliphatic imine (C=N–C) groups is 1. The third-order valence-corrected chi connectivity index (χ3v) is 2.98. The van der Waals surface area contributed by atoms with Gasteiger partial charge in [0.15, 0.2) is 0 Å². The molecule has 0 rings (SSSR count). The number of carbonyl (C=O) groups excluding carboxylic acids is 1. The molecule has 0 saturated carbocycles. The Balaban J connectivity index is 4.65. The highest BCUT2D eigenvalue weighted by atomic mass is 16.5. The molecule has 0 aromatic heterocycles. The SMILES string of the molecule is C=CCOCC(O)CN(CC(O)COCC=C)C(C)C=NC(N)=O. The first-order valence-corrected chi connectivity index (χ1v) is 7.71. The number of carbonyl (C=O) groups is 1. The predicted octanol–water partition coefficient (Wildman–Crippen LogP) is -0.0466. The molecule has 0 aliphatic carbocycles. The maximum atomic E-state index is 10.8. The Morgan fingerprint density at radius 2 is 1.62 bits per heavy atom. The fourth-order valence-electron chi connectivity index (χ4n) is 1.90. The van der Waals surface area contributed by atoms with Crippen molar-refractivity contribution in [3.05, 3.63) is 25.3 Å². The van der Waals surface area contributed by atoms with Gasteiger partial charge in [-0.2, -0.15) is 0 Å². The number of nitrogens with two attached hydrogens (primary N) is 1. The molecule has 0 fully saturated rings. The van der Waals surface area contributed by atoms with Crippen LogP contribution in [0.2, 0.25) is 0 Å². The molecule has 8 heteroatoms. The Labute approximate surface area is 143 Å². The third-order valence-electron chi connectivity index (χ3n) is 2.98. The Kier molecular flexibility index (Phi) is 12.9. The van der Waals surface area contributed by atoms with Crippen LogP contribution in [0.25, 0.3) is 0 Å². The van der Waals surface area contributed by atoms with E-state index in [0.29, 0.717) is 13.2 Å². The molecule has 0 saturated heterocycles. The van der Waals surface area contributed by atoms with Gasteiger partial charge < -0.3 is 25.4 Å². The molecule has 3 unspecified atom stereocenters. The fraction of sp³-hybridized carbons (Fsp3) is 0.625. The van der Waals surface area contributed by atoms with Gasteiger partial charge in [0.2, 0.25) is 0 Å². The van der Waals surface area contributed by atoms with Gasteiger partial charge in [-0.25, -0.2) is 9.79 Å². The van der Waals surface area contributed by atoms with E-state index in [1.165, 1.54) is 6.21 Å². The zero-order valence-corrected chi connectivity index (χ0v) is 14.2. The summed E-state index contributed by atoms with van der Waals surface area (Å²) in [5.41, 5.74) is 4.99. The normalized spacial score (nSPS) is 15.3. The van der Waals surface area contributed by atoms with E-state index in [1.54, 1.807) is 24.0 Å². The first kappa shape index (κ1) is 22.4. The number of hydrogen-bond acceptors (Lipinski definition) is 6. The minimum Gasteiger partial charge on any atom is -0.389 e. The molecule has 2 amide bonds. The van der Waals surface area contributed by atoms with Gasteiger partial charge in [-0.05, 0) is 6.92 Å². The van der Waals surface area contributed by atoms with Crippen LogP contribution in [0.5, 0.6) is 0 Å². The second-order valence-corrected chi connectivity index (χ2v) is 5.27. The van der Waals surface area contributed by atoms with Crippen molar-refractivity contribution in [3.63, 3.8) is 0 Å². The molecule has 0 aliphatic heterocycles. The van der Waals surface area contributed by atoms with Crippen molar-refractivity contribution in [2.75, 3.05) is 39.5 Å². The summed E-state index contributed by atoms with van der Waals surface area (Å²) in [7, 11) is 0. The van der Waals surface area contributed by atoms with Crippen LogP contribution in [0.3, 0.4) is 0 Å². The zero-order chi connectivity index (χ0) is 18.4. The molecule has 4 N–H and O–H groups in total. The molecule has 3 atom stereocenters. The van der Waals surface area contributed by atoms with Crippen LogP contribution in [0, 0.1) is 0 Å². The van der Waals surface area contributed by atoms with Gasteiger partial charge >= 0.3 is 6.03 Å². The van der Waals surface area contributed by atoms with Crippen molar-refractivity contribution >= 4 is 12.2 Å². The average molecular weight is 343 g/mol. The first-order chi connectivity index (χ1) is 11.4. The van der Waals surface area contributed by atoms with Gasteiger partial charge in [-0.1, -0.05) is 12.2 Å². The van der Waals surface area contributed by atoms with Crippen LogP contribution in [0.1, 0.15) is 6.92 Å². The predicted molar refractivity (Wildman–Crippen MR) is 93.2 cm³/mol. The van der Waals surface area contributed by atoms with Crippen LogP contribution < -0.4 is 5.73 Å². The monoisotopic (exact) mass is 343 g/mol. The van der Waals surface area contributed by atoms with E-state index in [0.717, 1.165) is 0 Å². The maximum absolute atomic E-state index is 10.8. The number of aliphatic hydroxyl groups excluding tert-OH is 2. The topological polar surface area (TPSA) is 118 Å². The molecular formula is C16H29N3O5. The van der Waals surface area contributed by atoms with E-state index < -0.39 is 18.2 Å². The molecule has 0 spiro atoms. The van der Waals surface area contributed by atoms with E-state index in [4.69, 9.17) is 15.2 Å². The van der Waals surface area contributed by atoms with Crippen molar-refractivity contribution in [2.45, 2.75) is 25.2 Å². The van der Waals surface area contributed by atoms with E-state index in [2.05, 4.69) is 18.2 Å². The van der Waals surface area contributed by atoms with Crippen LogP contribution >= 0.6 is 0 Å². The smallest absolute Gasteiger partial charge is 0.338 e. The van der Waals surface area contributed by atoms with Gasteiger partial charge in [0.25, 0.3) is 0 Å². The number of amides is 2. The lowest BCUT2D eigenvalue weighted by Crippen LogP contribution is -2.46. The summed E-state index contributed by atoms with van der Waals surface area (Å²) in [5.74, 6) is 0. The summed E-state index contributed by atoms with van der Waals surface area (Å²) in [6.45, 7) is 10.2. The van der Waals surface area contributed by atoms with Crippen LogP contribution in [-0.2, 0) is 9.47 Å². The van der Waals surface area contributed by atoms with Gasteiger partial charge in [0, 0.05) is 25.3 Å². The molecule has 0 radical (unpaired) electrons. The van der Waals surface area contributed by atoms with Gasteiger partial charge in [0.05, 0.1) is 38.6 Å². The van der Waals surface area contributed by atoms with Gasteiger partial charge in [-0.3, -0.25) is 4.90 Å². The summed E-state index contributed by atoms with van der Waals surface area (Å²) in [6.07, 6.45) is 3.02. The molecular weight excluding hydrogens is 314 g/mol. The number of aliphatic hydroxyl groups is 2. The zero-order valence-electron chi connectivity index (χ0n) is 14.2. The number of ether oxygens (including phenoxy) is 2. The highest BCUT2D eigenvalue weighted by Gasteiger charge is 2.20.